The van der Waals surface area contributed by atoms with E-state index in [1.54, 1.807) is 18.2 Å². The molecule has 2 aliphatic carbocycles. The van der Waals surface area contributed by atoms with Crippen LogP contribution in [0.15, 0.2) is 36.4 Å². The van der Waals surface area contributed by atoms with Crippen molar-refractivity contribution in [3.63, 3.8) is 0 Å². The quantitative estimate of drug-likeness (QED) is 0.165. The number of carbonyl (C=O) groups is 1. The molecule has 0 radical (unpaired) electrons. The number of rotatable bonds is 8. The van der Waals surface area contributed by atoms with E-state index in [1.807, 2.05) is 17.0 Å². The number of morpholine rings is 1. The molecule has 1 aromatic heterocycles. The summed E-state index contributed by atoms with van der Waals surface area (Å²) in [4.78, 5) is 27.3. The number of aromatic nitrogens is 2. The zero-order valence-corrected chi connectivity index (χ0v) is 29.1. The van der Waals surface area contributed by atoms with Crippen LogP contribution in [0.4, 0.5) is 23.4 Å². The van der Waals surface area contributed by atoms with Gasteiger partial charge in [-0.15, -0.1) is 6.42 Å². The van der Waals surface area contributed by atoms with Gasteiger partial charge in [0.05, 0.1) is 31.9 Å². The predicted octanol–water partition coefficient (Wildman–Crippen LogP) is 6.39. The van der Waals surface area contributed by atoms with Gasteiger partial charge in [0, 0.05) is 60.0 Å². The topological polar surface area (TPSA) is 91.3 Å². The van der Waals surface area contributed by atoms with E-state index < -0.39 is 30.0 Å². The second-order valence-corrected chi connectivity index (χ2v) is 15.4. The Balaban J connectivity index is 1.17. The Bertz CT molecular complexity index is 2160. The molecule has 3 saturated heterocycles. The number of amides is 1. The monoisotopic (exact) mass is 729 g/mol. The molecule has 2 bridgehead atoms. The molecule has 9 nitrogen and oxygen atoms in total. The molecule has 276 valence electrons. The Labute approximate surface area is 303 Å². The normalized spacial score (nSPS) is 22.7. The molecule has 53 heavy (non-hydrogen) atoms. The number of hydrogen-bond acceptors (Lipinski definition) is 8. The second-order valence-electron chi connectivity index (χ2n) is 15.4. The summed E-state index contributed by atoms with van der Waals surface area (Å²) in [6, 6.07) is 9.08. The van der Waals surface area contributed by atoms with Crippen LogP contribution in [-0.2, 0) is 9.53 Å². The number of carbonyl (C=O) groups excluding carboxylic acids is 1. The molecule has 0 spiro atoms. The Kier molecular flexibility index (Phi) is 8.20. The lowest BCUT2D eigenvalue weighted by molar-refractivity contribution is -0.188. The van der Waals surface area contributed by atoms with Gasteiger partial charge in [-0.3, -0.25) is 9.69 Å². The van der Waals surface area contributed by atoms with Gasteiger partial charge in [-0.1, -0.05) is 18.1 Å². The lowest BCUT2D eigenvalue weighted by Gasteiger charge is -2.42. The lowest BCUT2D eigenvalue weighted by atomic mass is 9.88. The van der Waals surface area contributed by atoms with Crippen LogP contribution in [0.2, 0.25) is 0 Å². The molecule has 4 heterocycles. The maximum absolute atomic E-state index is 17.6. The second kappa shape index (κ2) is 12.7. The van der Waals surface area contributed by atoms with Crippen molar-refractivity contribution >= 4 is 33.4 Å². The summed E-state index contributed by atoms with van der Waals surface area (Å²) >= 11 is 0. The minimum absolute atomic E-state index is 0.0123. The van der Waals surface area contributed by atoms with Crippen molar-refractivity contribution in [3.8, 4) is 35.2 Å². The fraction of sp³-hybridized carbons (Fsp3) is 0.475. The van der Waals surface area contributed by atoms with Gasteiger partial charge >= 0.3 is 18.1 Å². The molecular weight excluding hydrogens is 690 g/mol. The highest BCUT2D eigenvalue weighted by Gasteiger charge is 2.52. The molecular formula is C40H39F4N5O4. The van der Waals surface area contributed by atoms with Gasteiger partial charge in [0.15, 0.2) is 5.82 Å². The van der Waals surface area contributed by atoms with E-state index in [4.69, 9.17) is 25.9 Å². The Morgan fingerprint density at radius 3 is 2.45 bits per heavy atom. The van der Waals surface area contributed by atoms with Crippen molar-refractivity contribution in [1.29, 1.82) is 0 Å². The van der Waals surface area contributed by atoms with Gasteiger partial charge in [0.1, 0.15) is 17.1 Å². The Hall–Kier alpha value is -4.67. The fourth-order valence-electron chi connectivity index (χ4n) is 8.77. The van der Waals surface area contributed by atoms with E-state index >= 15 is 4.39 Å². The largest absolute Gasteiger partial charge is 0.508 e. The highest BCUT2D eigenvalue weighted by molar-refractivity contribution is 6.05. The number of halogens is 4. The molecule has 3 aliphatic heterocycles. The lowest BCUT2D eigenvalue weighted by Crippen LogP contribution is -2.59. The summed E-state index contributed by atoms with van der Waals surface area (Å²) < 4.78 is 70.3. The van der Waals surface area contributed by atoms with Crippen LogP contribution < -0.4 is 9.64 Å². The molecule has 3 aromatic carbocycles. The highest BCUT2D eigenvalue weighted by atomic mass is 19.4. The molecule has 1 amide bonds. The van der Waals surface area contributed by atoms with Gasteiger partial charge < -0.3 is 24.4 Å². The van der Waals surface area contributed by atoms with Gasteiger partial charge in [-0.25, -0.2) is 4.39 Å². The SMILES string of the molecule is C#Cc1cccc2cc(O)cc(-c3c(C4CC4)cc4c(N5CC6CCC(C5)N6C(=O)C(F)(F)F)nc(OCC5(CN6CCOCC6)CC5)nc4c3F)c12. The van der Waals surface area contributed by atoms with Gasteiger partial charge in [-0.05, 0) is 85.2 Å². The van der Waals surface area contributed by atoms with E-state index in [2.05, 4.69) is 10.8 Å². The average Bonchev–Trinajstić information content (AvgIpc) is 4.08. The molecule has 1 N–H and O–H groups in total. The van der Waals surface area contributed by atoms with Crippen LogP contribution in [0, 0.1) is 23.6 Å². The third-order valence-corrected chi connectivity index (χ3v) is 11.7. The van der Waals surface area contributed by atoms with E-state index in [0.717, 1.165) is 55.8 Å². The van der Waals surface area contributed by atoms with Crippen molar-refractivity contribution in [3.05, 3.63) is 53.3 Å². The van der Waals surface area contributed by atoms with Crippen LogP contribution in [0.5, 0.6) is 11.8 Å². The number of ether oxygens (including phenoxy) is 2. The first-order valence-electron chi connectivity index (χ1n) is 18.4. The number of benzene rings is 3. The van der Waals surface area contributed by atoms with E-state index in [1.165, 1.54) is 6.07 Å². The summed E-state index contributed by atoms with van der Waals surface area (Å²) in [6.45, 7) is 4.41. The Morgan fingerprint density at radius 2 is 1.79 bits per heavy atom. The van der Waals surface area contributed by atoms with Crippen LogP contribution in [0.25, 0.3) is 32.8 Å². The average molecular weight is 730 g/mol. The first-order chi connectivity index (χ1) is 25.5. The maximum Gasteiger partial charge on any atom is 0.471 e. The van der Waals surface area contributed by atoms with E-state index in [-0.39, 0.29) is 41.7 Å². The number of fused-ring (bicyclic) bond motifs is 4. The molecule has 4 aromatic rings. The zero-order valence-electron chi connectivity index (χ0n) is 29.1. The number of anilines is 1. The molecule has 13 heteroatoms. The standard InChI is InChI=1S/C40H39F4N5O4/c1-2-23-4-3-5-25-16-28(50)17-30(32(23)25)33-29(24-6-7-24)18-31-35(34(33)41)45-38(53-22-39(10-11-39)21-47-12-14-52-15-13-47)46-36(31)48-19-26-8-9-27(20-48)49(26)37(51)40(42,43)44/h1,3-5,16-18,24,26-27,50H,6-15,19-22H2. The minimum Gasteiger partial charge on any atom is -0.508 e. The smallest absolute Gasteiger partial charge is 0.471 e. The van der Waals surface area contributed by atoms with Crippen LogP contribution >= 0.6 is 0 Å². The van der Waals surface area contributed by atoms with Crippen molar-refractivity contribution in [2.24, 2.45) is 5.41 Å². The van der Waals surface area contributed by atoms with Crippen LogP contribution in [-0.4, -0.2) is 102 Å². The fourth-order valence-corrected chi connectivity index (χ4v) is 8.77. The summed E-state index contributed by atoms with van der Waals surface area (Å²) in [5.41, 5.74) is 1.96. The molecule has 2 unspecified atom stereocenters. The summed E-state index contributed by atoms with van der Waals surface area (Å²) in [5.74, 6) is 0.654. The first-order valence-corrected chi connectivity index (χ1v) is 18.4. The zero-order chi connectivity index (χ0) is 36.6. The number of aromatic hydroxyl groups is 1. The number of nitrogens with zero attached hydrogens (tertiary/aromatic N) is 5. The Morgan fingerprint density at radius 1 is 1.06 bits per heavy atom. The van der Waals surface area contributed by atoms with Gasteiger partial charge in [0.2, 0.25) is 0 Å². The van der Waals surface area contributed by atoms with Crippen LogP contribution in [0.1, 0.15) is 55.6 Å². The van der Waals surface area contributed by atoms with Crippen molar-refractivity contribution in [2.75, 3.05) is 57.4 Å². The third-order valence-electron chi connectivity index (χ3n) is 11.7. The predicted molar refractivity (Wildman–Crippen MR) is 190 cm³/mol. The number of phenols is 1. The molecule has 5 aliphatic rings. The first kappa shape index (κ1) is 34.1. The summed E-state index contributed by atoms with van der Waals surface area (Å²) in [6.07, 6.45) is 5.41. The number of alkyl halides is 3. The summed E-state index contributed by atoms with van der Waals surface area (Å²) in [5, 5.41) is 12.6. The van der Waals surface area contributed by atoms with Crippen LogP contribution in [0.3, 0.4) is 0 Å². The molecule has 9 rings (SSSR count). The number of hydrogen-bond donors (Lipinski definition) is 1. The maximum atomic E-state index is 17.6. The van der Waals surface area contributed by atoms with Crippen molar-refractivity contribution < 1.29 is 36.9 Å². The van der Waals surface area contributed by atoms with Gasteiger partial charge in [-0.2, -0.15) is 23.1 Å². The van der Waals surface area contributed by atoms with E-state index in [9.17, 15) is 23.1 Å². The number of terminal acetylenes is 1. The molecule has 5 fully saturated rings. The number of piperazine rings is 1. The molecule has 2 saturated carbocycles. The third kappa shape index (κ3) is 6.19. The van der Waals surface area contributed by atoms with Crippen molar-refractivity contribution in [1.82, 2.24) is 19.8 Å². The minimum atomic E-state index is -4.97. The summed E-state index contributed by atoms with van der Waals surface area (Å²) in [7, 11) is 0. The van der Waals surface area contributed by atoms with Gasteiger partial charge in [0.25, 0.3) is 0 Å². The highest BCUT2D eigenvalue weighted by Crippen LogP contribution is 2.51. The number of phenolic OH excluding ortho intramolecular Hbond substituents is 1. The van der Waals surface area contributed by atoms with E-state index in [0.29, 0.717) is 71.3 Å². The van der Waals surface area contributed by atoms with Crippen molar-refractivity contribution in [2.45, 2.75) is 62.7 Å². The molecule has 2 atom stereocenters.